The van der Waals surface area contributed by atoms with Crippen molar-refractivity contribution < 1.29 is 14.3 Å². The van der Waals surface area contributed by atoms with Crippen LogP contribution in [0.3, 0.4) is 0 Å². The Morgan fingerprint density at radius 2 is 1.70 bits per heavy atom. The molecule has 0 atom stereocenters. The number of rotatable bonds is 6. The van der Waals surface area contributed by atoms with E-state index >= 15 is 0 Å². The number of carbonyl (C=O) groups is 2. The number of hydrogen-bond acceptors (Lipinski definition) is 4. The van der Waals surface area contributed by atoms with Crippen molar-refractivity contribution in [1.29, 1.82) is 0 Å². The van der Waals surface area contributed by atoms with Crippen LogP contribution in [0.2, 0.25) is 5.02 Å². The molecule has 0 spiro atoms. The Kier molecular flexibility index (Phi) is 7.15. The van der Waals surface area contributed by atoms with Crippen molar-refractivity contribution in [3.63, 3.8) is 0 Å². The van der Waals surface area contributed by atoms with E-state index in [1.54, 1.807) is 6.07 Å². The number of carbonyl (C=O) groups excluding carboxylic acids is 2. The van der Waals surface area contributed by atoms with E-state index in [2.05, 4.69) is 10.2 Å². The first-order chi connectivity index (χ1) is 16.0. The highest BCUT2D eigenvalue weighted by atomic mass is 35.5. The molecule has 1 aliphatic rings. The fourth-order valence-corrected chi connectivity index (χ4v) is 4.11. The van der Waals surface area contributed by atoms with E-state index in [0.29, 0.717) is 48.2 Å². The molecule has 4 rings (SSSR count). The molecule has 7 heteroatoms. The van der Waals surface area contributed by atoms with Crippen LogP contribution in [0, 0.1) is 6.92 Å². The van der Waals surface area contributed by atoms with E-state index in [1.807, 2.05) is 78.6 Å². The zero-order valence-electron chi connectivity index (χ0n) is 18.5. The molecule has 0 unspecified atom stereocenters. The van der Waals surface area contributed by atoms with Gasteiger partial charge < -0.3 is 19.9 Å². The van der Waals surface area contributed by atoms with Gasteiger partial charge in [-0.1, -0.05) is 41.9 Å². The SMILES string of the molecule is Cc1cccc(OCC(=O)Nc2ccc(N3CCN(C(=O)c4ccccc4)CC3)c(Cl)c2)c1. The van der Waals surface area contributed by atoms with Gasteiger partial charge in [-0.3, -0.25) is 9.59 Å². The number of anilines is 2. The van der Waals surface area contributed by atoms with Crippen molar-refractivity contribution >= 4 is 34.8 Å². The van der Waals surface area contributed by atoms with Crippen LogP contribution in [-0.2, 0) is 4.79 Å². The molecule has 1 N–H and O–H groups in total. The van der Waals surface area contributed by atoms with Crippen molar-refractivity contribution in [3.05, 3.63) is 88.9 Å². The molecule has 3 aromatic rings. The number of benzene rings is 3. The highest BCUT2D eigenvalue weighted by Gasteiger charge is 2.23. The fraction of sp³-hybridized carbons (Fsp3) is 0.231. The molecule has 1 saturated heterocycles. The van der Waals surface area contributed by atoms with E-state index in [9.17, 15) is 9.59 Å². The van der Waals surface area contributed by atoms with Gasteiger partial charge in [0.2, 0.25) is 0 Å². The first-order valence-electron chi connectivity index (χ1n) is 10.9. The van der Waals surface area contributed by atoms with Gasteiger partial charge >= 0.3 is 0 Å². The van der Waals surface area contributed by atoms with Crippen molar-refractivity contribution in [3.8, 4) is 5.75 Å². The highest BCUT2D eigenvalue weighted by Crippen LogP contribution is 2.30. The van der Waals surface area contributed by atoms with Crippen LogP contribution in [0.15, 0.2) is 72.8 Å². The molecule has 1 heterocycles. The predicted molar refractivity (Wildman–Crippen MR) is 131 cm³/mol. The smallest absolute Gasteiger partial charge is 0.262 e. The molecular formula is C26H26ClN3O3. The second-order valence-corrected chi connectivity index (χ2v) is 8.37. The normalized spacial score (nSPS) is 13.5. The number of nitrogens with zero attached hydrogens (tertiary/aromatic N) is 2. The Labute approximate surface area is 198 Å². The van der Waals surface area contributed by atoms with E-state index in [1.165, 1.54) is 0 Å². The molecule has 0 bridgehead atoms. The number of hydrogen-bond donors (Lipinski definition) is 1. The number of piperazine rings is 1. The summed E-state index contributed by atoms with van der Waals surface area (Å²) in [6.45, 7) is 4.51. The van der Waals surface area contributed by atoms with Gasteiger partial charge in [0.1, 0.15) is 5.75 Å². The van der Waals surface area contributed by atoms with Crippen LogP contribution in [-0.4, -0.2) is 49.5 Å². The van der Waals surface area contributed by atoms with Crippen LogP contribution in [0.4, 0.5) is 11.4 Å². The Morgan fingerprint density at radius 1 is 0.939 bits per heavy atom. The largest absolute Gasteiger partial charge is 0.484 e. The number of ether oxygens (including phenoxy) is 1. The Balaban J connectivity index is 1.30. The predicted octanol–water partition coefficient (Wildman–Crippen LogP) is 4.63. The molecule has 170 valence electrons. The summed E-state index contributed by atoms with van der Waals surface area (Å²) in [5, 5.41) is 3.37. The molecule has 0 radical (unpaired) electrons. The molecule has 3 aromatic carbocycles. The molecule has 2 amide bonds. The molecule has 0 aliphatic carbocycles. The summed E-state index contributed by atoms with van der Waals surface area (Å²) >= 11 is 6.53. The summed E-state index contributed by atoms with van der Waals surface area (Å²) < 4.78 is 5.55. The van der Waals surface area contributed by atoms with Crippen LogP contribution in [0.5, 0.6) is 5.75 Å². The molecule has 1 fully saturated rings. The van der Waals surface area contributed by atoms with Gasteiger partial charge in [-0.2, -0.15) is 0 Å². The maximum Gasteiger partial charge on any atom is 0.262 e. The van der Waals surface area contributed by atoms with E-state index in [-0.39, 0.29) is 18.4 Å². The third-order valence-corrected chi connectivity index (χ3v) is 5.82. The Bertz CT molecular complexity index is 1130. The van der Waals surface area contributed by atoms with Gasteiger partial charge in [0, 0.05) is 37.4 Å². The number of nitrogens with one attached hydrogen (secondary N) is 1. The summed E-state index contributed by atoms with van der Waals surface area (Å²) in [7, 11) is 0. The van der Waals surface area contributed by atoms with E-state index in [4.69, 9.17) is 16.3 Å². The lowest BCUT2D eigenvalue weighted by Crippen LogP contribution is -2.48. The summed E-state index contributed by atoms with van der Waals surface area (Å²) in [5.41, 5.74) is 3.27. The molecule has 1 aliphatic heterocycles. The average molecular weight is 464 g/mol. The third kappa shape index (κ3) is 5.84. The molecule has 33 heavy (non-hydrogen) atoms. The summed E-state index contributed by atoms with van der Waals surface area (Å²) in [6, 6.07) is 22.3. The lowest BCUT2D eigenvalue weighted by Gasteiger charge is -2.36. The zero-order valence-corrected chi connectivity index (χ0v) is 19.2. The Hall–Kier alpha value is -3.51. The average Bonchev–Trinajstić information content (AvgIpc) is 2.83. The third-order valence-electron chi connectivity index (χ3n) is 5.52. The van der Waals surface area contributed by atoms with Gasteiger partial charge in [0.15, 0.2) is 6.61 Å². The standard InChI is InChI=1S/C26H26ClN3O3/c1-19-6-5-9-22(16-19)33-18-25(31)28-21-10-11-24(23(27)17-21)29-12-14-30(15-13-29)26(32)20-7-3-2-4-8-20/h2-11,16-17H,12-15,18H2,1H3,(H,28,31). The minimum absolute atomic E-state index is 0.0484. The number of aryl methyl sites for hydroxylation is 1. The van der Waals surface area contributed by atoms with E-state index < -0.39 is 0 Å². The van der Waals surface area contributed by atoms with Crippen molar-refractivity contribution in [1.82, 2.24) is 4.90 Å². The summed E-state index contributed by atoms with van der Waals surface area (Å²) in [4.78, 5) is 28.9. The van der Waals surface area contributed by atoms with Crippen LogP contribution in [0.1, 0.15) is 15.9 Å². The van der Waals surface area contributed by atoms with Crippen LogP contribution < -0.4 is 15.0 Å². The monoisotopic (exact) mass is 463 g/mol. The topological polar surface area (TPSA) is 61.9 Å². The minimum atomic E-state index is -0.256. The molecule has 0 saturated carbocycles. The van der Waals surface area contributed by atoms with Gasteiger partial charge in [-0.15, -0.1) is 0 Å². The minimum Gasteiger partial charge on any atom is -0.484 e. The van der Waals surface area contributed by atoms with Gasteiger partial charge in [0.05, 0.1) is 10.7 Å². The lowest BCUT2D eigenvalue weighted by molar-refractivity contribution is -0.118. The van der Waals surface area contributed by atoms with Gasteiger partial charge in [0.25, 0.3) is 11.8 Å². The first kappa shape index (κ1) is 22.7. The highest BCUT2D eigenvalue weighted by molar-refractivity contribution is 6.33. The number of amides is 2. The van der Waals surface area contributed by atoms with Crippen LogP contribution >= 0.6 is 11.6 Å². The van der Waals surface area contributed by atoms with Crippen LogP contribution in [0.25, 0.3) is 0 Å². The van der Waals surface area contributed by atoms with Gasteiger partial charge in [-0.25, -0.2) is 0 Å². The van der Waals surface area contributed by atoms with Crippen molar-refractivity contribution in [2.45, 2.75) is 6.92 Å². The second-order valence-electron chi connectivity index (χ2n) is 7.96. The summed E-state index contributed by atoms with van der Waals surface area (Å²) in [5.74, 6) is 0.448. The molecule has 6 nitrogen and oxygen atoms in total. The van der Waals surface area contributed by atoms with Crippen molar-refractivity contribution in [2.75, 3.05) is 43.0 Å². The van der Waals surface area contributed by atoms with Crippen molar-refractivity contribution in [2.24, 2.45) is 0 Å². The van der Waals surface area contributed by atoms with Gasteiger partial charge in [-0.05, 0) is 55.0 Å². The summed E-state index contributed by atoms with van der Waals surface area (Å²) in [6.07, 6.45) is 0. The quantitative estimate of drug-likeness (QED) is 0.579. The maximum absolute atomic E-state index is 12.6. The fourth-order valence-electron chi connectivity index (χ4n) is 3.81. The maximum atomic E-state index is 12.6. The number of halogens is 1. The zero-order chi connectivity index (χ0) is 23.2. The first-order valence-corrected chi connectivity index (χ1v) is 11.3. The molecule has 0 aromatic heterocycles. The second kappa shape index (κ2) is 10.4. The molecular weight excluding hydrogens is 438 g/mol. The van der Waals surface area contributed by atoms with E-state index in [0.717, 1.165) is 11.3 Å². The Morgan fingerprint density at radius 3 is 2.39 bits per heavy atom. The lowest BCUT2D eigenvalue weighted by atomic mass is 10.1.